The SMILES string of the molecule is c1ccc(CCCCOc2cccnc2)cc1. The van der Waals surface area contributed by atoms with E-state index in [9.17, 15) is 0 Å². The summed E-state index contributed by atoms with van der Waals surface area (Å²) in [6.07, 6.45) is 6.85. The zero-order valence-electron chi connectivity index (χ0n) is 9.88. The second kappa shape index (κ2) is 6.69. The number of pyridine rings is 1. The Bertz CT molecular complexity index is 372. The molecule has 0 spiro atoms. The highest BCUT2D eigenvalue weighted by Crippen LogP contribution is 2.08. The van der Waals surface area contributed by atoms with Gasteiger partial charge in [-0.1, -0.05) is 30.3 Å². The predicted molar refractivity (Wildman–Crippen MR) is 69.1 cm³/mol. The lowest BCUT2D eigenvalue weighted by Crippen LogP contribution is -1.98. The van der Waals surface area contributed by atoms with E-state index in [4.69, 9.17) is 4.74 Å². The number of nitrogens with zero attached hydrogens (tertiary/aromatic N) is 1. The van der Waals surface area contributed by atoms with Crippen LogP contribution in [-0.4, -0.2) is 11.6 Å². The fraction of sp³-hybridized carbons (Fsp3) is 0.267. The lowest BCUT2D eigenvalue weighted by atomic mass is 10.1. The van der Waals surface area contributed by atoms with Gasteiger partial charge in [-0.15, -0.1) is 0 Å². The first kappa shape index (κ1) is 11.6. The van der Waals surface area contributed by atoms with Crippen molar-refractivity contribution in [3.05, 3.63) is 60.4 Å². The van der Waals surface area contributed by atoms with Gasteiger partial charge in [0.1, 0.15) is 5.75 Å². The van der Waals surface area contributed by atoms with Gasteiger partial charge in [0, 0.05) is 6.20 Å². The van der Waals surface area contributed by atoms with E-state index in [-0.39, 0.29) is 0 Å². The van der Waals surface area contributed by atoms with Gasteiger partial charge in [0.15, 0.2) is 0 Å². The fourth-order valence-electron chi connectivity index (χ4n) is 1.70. The van der Waals surface area contributed by atoms with E-state index in [2.05, 4.69) is 35.3 Å². The Morgan fingerprint density at radius 3 is 2.59 bits per heavy atom. The number of ether oxygens (including phenoxy) is 1. The van der Waals surface area contributed by atoms with Crippen LogP contribution in [0.2, 0.25) is 0 Å². The molecule has 0 unspecified atom stereocenters. The van der Waals surface area contributed by atoms with Gasteiger partial charge in [-0.05, 0) is 37.0 Å². The molecule has 0 N–H and O–H groups in total. The summed E-state index contributed by atoms with van der Waals surface area (Å²) < 4.78 is 5.58. The van der Waals surface area contributed by atoms with Crippen LogP contribution < -0.4 is 4.74 Å². The molecule has 0 aliphatic carbocycles. The van der Waals surface area contributed by atoms with E-state index in [0.29, 0.717) is 0 Å². The van der Waals surface area contributed by atoms with Crippen molar-refractivity contribution in [2.24, 2.45) is 0 Å². The van der Waals surface area contributed by atoms with E-state index in [1.54, 1.807) is 12.4 Å². The second-order valence-electron chi connectivity index (χ2n) is 3.98. The van der Waals surface area contributed by atoms with Gasteiger partial charge in [-0.2, -0.15) is 0 Å². The van der Waals surface area contributed by atoms with Crippen molar-refractivity contribution < 1.29 is 4.74 Å². The van der Waals surface area contributed by atoms with E-state index < -0.39 is 0 Å². The Hall–Kier alpha value is -1.83. The summed E-state index contributed by atoms with van der Waals surface area (Å²) in [5.41, 5.74) is 1.40. The zero-order valence-corrected chi connectivity index (χ0v) is 9.88. The number of aryl methyl sites for hydroxylation is 1. The third-order valence-electron chi connectivity index (χ3n) is 2.61. The quantitative estimate of drug-likeness (QED) is 0.705. The van der Waals surface area contributed by atoms with Crippen molar-refractivity contribution in [1.82, 2.24) is 4.98 Å². The van der Waals surface area contributed by atoms with Crippen LogP contribution in [0.3, 0.4) is 0 Å². The first-order valence-electron chi connectivity index (χ1n) is 6.02. The van der Waals surface area contributed by atoms with E-state index in [1.807, 2.05) is 12.1 Å². The summed E-state index contributed by atoms with van der Waals surface area (Å²) in [6.45, 7) is 0.762. The number of hydrogen-bond acceptors (Lipinski definition) is 2. The van der Waals surface area contributed by atoms with Gasteiger partial charge in [-0.25, -0.2) is 0 Å². The molecule has 2 nitrogen and oxygen atoms in total. The van der Waals surface area contributed by atoms with Crippen molar-refractivity contribution in [2.75, 3.05) is 6.61 Å². The molecular weight excluding hydrogens is 210 g/mol. The highest BCUT2D eigenvalue weighted by atomic mass is 16.5. The molecule has 0 amide bonds. The molecule has 2 aromatic rings. The van der Waals surface area contributed by atoms with Crippen molar-refractivity contribution in [1.29, 1.82) is 0 Å². The number of benzene rings is 1. The minimum atomic E-state index is 0.762. The summed E-state index contributed by atoms with van der Waals surface area (Å²) in [6, 6.07) is 14.4. The van der Waals surface area contributed by atoms with Gasteiger partial charge in [-0.3, -0.25) is 4.98 Å². The third kappa shape index (κ3) is 4.27. The smallest absolute Gasteiger partial charge is 0.137 e. The molecule has 1 aromatic heterocycles. The lowest BCUT2D eigenvalue weighted by Gasteiger charge is -2.05. The average molecular weight is 227 g/mol. The number of unbranched alkanes of at least 4 members (excludes halogenated alkanes) is 1. The molecule has 1 aromatic carbocycles. The van der Waals surface area contributed by atoms with Crippen molar-refractivity contribution >= 4 is 0 Å². The molecule has 0 aliphatic rings. The average Bonchev–Trinajstić information content (AvgIpc) is 2.41. The first-order chi connectivity index (χ1) is 8.45. The topological polar surface area (TPSA) is 22.1 Å². The third-order valence-corrected chi connectivity index (χ3v) is 2.61. The van der Waals surface area contributed by atoms with Gasteiger partial charge in [0.25, 0.3) is 0 Å². The summed E-state index contributed by atoms with van der Waals surface area (Å²) in [7, 11) is 0. The molecule has 0 saturated carbocycles. The van der Waals surface area contributed by atoms with Gasteiger partial charge in [0.05, 0.1) is 12.8 Å². The van der Waals surface area contributed by atoms with Gasteiger partial charge >= 0.3 is 0 Å². The van der Waals surface area contributed by atoms with Crippen molar-refractivity contribution in [2.45, 2.75) is 19.3 Å². The van der Waals surface area contributed by atoms with Crippen LogP contribution in [0.1, 0.15) is 18.4 Å². The molecule has 0 atom stereocenters. The largest absolute Gasteiger partial charge is 0.492 e. The van der Waals surface area contributed by atoms with Crippen LogP contribution in [-0.2, 0) is 6.42 Å². The normalized spacial score (nSPS) is 10.1. The van der Waals surface area contributed by atoms with Crippen LogP contribution in [0.25, 0.3) is 0 Å². The highest BCUT2D eigenvalue weighted by Gasteiger charge is 1.94. The van der Waals surface area contributed by atoms with Crippen LogP contribution in [0.4, 0.5) is 0 Å². The zero-order chi connectivity index (χ0) is 11.8. The van der Waals surface area contributed by atoms with E-state index in [0.717, 1.165) is 31.6 Å². The maximum absolute atomic E-state index is 5.58. The first-order valence-corrected chi connectivity index (χ1v) is 6.02. The molecule has 2 rings (SSSR count). The minimum Gasteiger partial charge on any atom is -0.492 e. The Labute approximate surface area is 102 Å². The number of aromatic nitrogens is 1. The Balaban J connectivity index is 1.61. The summed E-state index contributed by atoms with van der Waals surface area (Å²) in [5.74, 6) is 0.854. The molecule has 1 heterocycles. The van der Waals surface area contributed by atoms with E-state index in [1.165, 1.54) is 5.56 Å². The maximum atomic E-state index is 5.58. The second-order valence-corrected chi connectivity index (χ2v) is 3.98. The molecule has 0 bridgehead atoms. The molecule has 0 radical (unpaired) electrons. The maximum Gasteiger partial charge on any atom is 0.137 e. The van der Waals surface area contributed by atoms with Gasteiger partial charge in [0.2, 0.25) is 0 Å². The summed E-state index contributed by atoms with van der Waals surface area (Å²) >= 11 is 0. The van der Waals surface area contributed by atoms with Crippen LogP contribution in [0.15, 0.2) is 54.9 Å². The van der Waals surface area contributed by atoms with Crippen molar-refractivity contribution in [3.63, 3.8) is 0 Å². The fourth-order valence-corrected chi connectivity index (χ4v) is 1.70. The Morgan fingerprint density at radius 2 is 1.82 bits per heavy atom. The number of hydrogen-bond donors (Lipinski definition) is 0. The number of rotatable bonds is 6. The minimum absolute atomic E-state index is 0.762. The molecular formula is C15H17NO. The van der Waals surface area contributed by atoms with Gasteiger partial charge < -0.3 is 4.74 Å². The van der Waals surface area contributed by atoms with E-state index >= 15 is 0 Å². The molecule has 0 fully saturated rings. The lowest BCUT2D eigenvalue weighted by molar-refractivity contribution is 0.306. The Morgan fingerprint density at radius 1 is 0.941 bits per heavy atom. The summed E-state index contributed by atoms with van der Waals surface area (Å²) in [5, 5.41) is 0. The molecule has 17 heavy (non-hydrogen) atoms. The van der Waals surface area contributed by atoms with Crippen molar-refractivity contribution in [3.8, 4) is 5.75 Å². The molecule has 0 aliphatic heterocycles. The van der Waals surface area contributed by atoms with Crippen LogP contribution in [0.5, 0.6) is 5.75 Å². The Kier molecular flexibility index (Phi) is 4.58. The standard InChI is InChI=1S/C15H17NO/c1-2-7-14(8-3-1)9-4-5-12-17-15-10-6-11-16-13-15/h1-3,6-8,10-11,13H,4-5,9,12H2. The molecule has 88 valence electrons. The predicted octanol–water partition coefficient (Wildman–Crippen LogP) is 3.48. The monoisotopic (exact) mass is 227 g/mol. The highest BCUT2D eigenvalue weighted by molar-refractivity contribution is 5.15. The molecule has 0 saturated heterocycles. The summed E-state index contributed by atoms with van der Waals surface area (Å²) in [4.78, 5) is 4.01. The van der Waals surface area contributed by atoms with Crippen LogP contribution >= 0.6 is 0 Å². The molecule has 2 heteroatoms. The van der Waals surface area contributed by atoms with Crippen LogP contribution in [0, 0.1) is 0 Å².